The number of fused-ring (bicyclic) bond motifs is 1. The van der Waals surface area contributed by atoms with Crippen LogP contribution in [0.25, 0.3) is 22.4 Å². The van der Waals surface area contributed by atoms with Gasteiger partial charge < -0.3 is 5.11 Å². The molecule has 0 aliphatic carbocycles. The molecule has 162 valence electrons. The zero-order chi connectivity index (χ0) is 22.6. The Morgan fingerprint density at radius 1 is 1.16 bits per heavy atom. The third-order valence-electron chi connectivity index (χ3n) is 5.30. The lowest BCUT2D eigenvalue weighted by Gasteiger charge is -2.18. The Labute approximate surface area is 206 Å². The Morgan fingerprint density at radius 2 is 1.88 bits per heavy atom. The van der Waals surface area contributed by atoms with Crippen LogP contribution in [0.2, 0.25) is 14.5 Å². The molecule has 0 fully saturated rings. The molecule has 1 aliphatic heterocycles. The van der Waals surface area contributed by atoms with E-state index >= 15 is 0 Å². The van der Waals surface area contributed by atoms with E-state index in [1.54, 1.807) is 58.9 Å². The van der Waals surface area contributed by atoms with E-state index in [0.717, 1.165) is 10.0 Å². The molecule has 0 N–H and O–H groups in total. The molecule has 0 amide bonds. The van der Waals surface area contributed by atoms with Gasteiger partial charge in [-0.05, 0) is 35.5 Å². The van der Waals surface area contributed by atoms with Crippen molar-refractivity contribution >= 4 is 57.9 Å². The largest absolute Gasteiger partial charge is 0.872 e. The lowest BCUT2D eigenvalue weighted by Crippen LogP contribution is -2.43. The van der Waals surface area contributed by atoms with Crippen molar-refractivity contribution in [1.29, 1.82) is 0 Å². The molecule has 2 aromatic carbocycles. The van der Waals surface area contributed by atoms with Crippen molar-refractivity contribution in [2.45, 2.75) is 11.2 Å². The number of rotatable bonds is 3. The molecule has 0 unspecified atom stereocenters. The van der Waals surface area contributed by atoms with Crippen molar-refractivity contribution in [3.63, 3.8) is 0 Å². The highest BCUT2D eigenvalue weighted by molar-refractivity contribution is 7.99. The molecule has 3 heterocycles. The number of thioether (sulfide) groups is 1. The summed E-state index contributed by atoms with van der Waals surface area (Å²) in [6.45, 7) is 0. The predicted octanol–water partition coefficient (Wildman–Crippen LogP) is 5.19. The predicted molar refractivity (Wildman–Crippen MR) is 128 cm³/mol. The van der Waals surface area contributed by atoms with Crippen molar-refractivity contribution in [3.8, 4) is 28.1 Å². The van der Waals surface area contributed by atoms with Crippen LogP contribution in [0.4, 0.5) is 0 Å². The SMILES string of the molecule is C[n+]1c(-c2ccccc2[O-])c(-c2cc(Cl)cc(Cl)c2)c(=O)n2c1SC[C@@H]2c1cnc(Cl)s1. The number of para-hydroxylation sites is 1. The smallest absolute Gasteiger partial charge is 0.347 e. The minimum absolute atomic E-state index is 0.171. The second-order valence-electron chi connectivity index (χ2n) is 7.24. The summed E-state index contributed by atoms with van der Waals surface area (Å²) in [6, 6.07) is 11.4. The van der Waals surface area contributed by atoms with E-state index in [9.17, 15) is 9.90 Å². The monoisotopic (exact) mass is 521 g/mol. The molecule has 1 atom stereocenters. The van der Waals surface area contributed by atoms with Crippen molar-refractivity contribution in [2.24, 2.45) is 7.05 Å². The Kier molecular flexibility index (Phi) is 5.72. The number of thiazole rings is 1. The highest BCUT2D eigenvalue weighted by atomic mass is 35.5. The average Bonchev–Trinajstić information content (AvgIpc) is 3.37. The topological polar surface area (TPSA) is 61.8 Å². The van der Waals surface area contributed by atoms with Gasteiger partial charge in [0.25, 0.3) is 0 Å². The third-order valence-corrected chi connectivity index (χ3v) is 8.16. The zero-order valence-corrected chi connectivity index (χ0v) is 20.4. The first kappa shape index (κ1) is 21.8. The Bertz CT molecular complexity index is 1410. The molecule has 0 saturated carbocycles. The van der Waals surface area contributed by atoms with Crippen molar-refractivity contribution in [1.82, 2.24) is 9.55 Å². The van der Waals surface area contributed by atoms with Crippen molar-refractivity contribution < 1.29 is 9.67 Å². The second-order valence-corrected chi connectivity index (χ2v) is 10.7. The first-order valence-electron chi connectivity index (χ1n) is 9.50. The Hall–Kier alpha value is -2.03. The van der Waals surface area contributed by atoms with Gasteiger partial charge in [0, 0.05) is 21.8 Å². The van der Waals surface area contributed by atoms with Crippen LogP contribution in [-0.4, -0.2) is 15.3 Å². The van der Waals surface area contributed by atoms with E-state index in [0.29, 0.717) is 42.6 Å². The van der Waals surface area contributed by atoms with Crippen molar-refractivity contribution in [3.05, 3.63) is 78.4 Å². The number of benzene rings is 2. The summed E-state index contributed by atoms with van der Waals surface area (Å²) in [6.07, 6.45) is 1.70. The van der Waals surface area contributed by atoms with Gasteiger partial charge in [-0.25, -0.2) is 14.3 Å². The lowest BCUT2D eigenvalue weighted by molar-refractivity contribution is -0.704. The highest BCUT2D eigenvalue weighted by Crippen LogP contribution is 2.40. The molecule has 10 heteroatoms. The van der Waals surface area contributed by atoms with Crippen LogP contribution < -0.4 is 15.2 Å². The van der Waals surface area contributed by atoms with Gasteiger partial charge in [0.15, 0.2) is 10.5 Å². The molecule has 5 nitrogen and oxygen atoms in total. The fourth-order valence-electron chi connectivity index (χ4n) is 3.97. The van der Waals surface area contributed by atoms with Gasteiger partial charge in [0.2, 0.25) is 0 Å². The lowest BCUT2D eigenvalue weighted by atomic mass is 9.99. The molecule has 0 radical (unpaired) electrons. The van der Waals surface area contributed by atoms with E-state index in [4.69, 9.17) is 34.8 Å². The molecule has 4 aromatic rings. The van der Waals surface area contributed by atoms with E-state index in [1.807, 2.05) is 11.6 Å². The summed E-state index contributed by atoms with van der Waals surface area (Å²) in [4.78, 5) is 19.1. The maximum atomic E-state index is 14.0. The van der Waals surface area contributed by atoms with Gasteiger partial charge in [-0.3, -0.25) is 0 Å². The van der Waals surface area contributed by atoms with Gasteiger partial charge in [-0.15, -0.1) is 11.3 Å². The standard InChI is InChI=1S/C22H14Cl3N3O2S2/c1-27-19(14-4-2-3-5-16(14)29)18(11-6-12(23)8-13(24)7-11)20(30)28-15(10-31-22(27)28)17-9-26-21(25)32-17/h2-9,15H,10H2,1H3/t15-/m1/s1. The summed E-state index contributed by atoms with van der Waals surface area (Å²) in [7, 11) is 1.86. The number of hydrogen-bond donors (Lipinski definition) is 0. The molecule has 32 heavy (non-hydrogen) atoms. The highest BCUT2D eigenvalue weighted by Gasteiger charge is 2.39. The van der Waals surface area contributed by atoms with Gasteiger partial charge >= 0.3 is 10.7 Å². The number of halogens is 3. The van der Waals surface area contributed by atoms with Gasteiger partial charge in [0.1, 0.15) is 11.3 Å². The Balaban J connectivity index is 1.88. The molecule has 0 saturated heterocycles. The van der Waals surface area contributed by atoms with E-state index in [1.165, 1.54) is 17.4 Å². The molecule has 2 aromatic heterocycles. The molecule has 1 aliphatic rings. The number of aromatic nitrogens is 3. The van der Waals surface area contributed by atoms with Crippen molar-refractivity contribution in [2.75, 3.05) is 5.75 Å². The van der Waals surface area contributed by atoms with Crippen LogP contribution >= 0.6 is 57.9 Å². The minimum Gasteiger partial charge on any atom is -0.872 e. The second kappa shape index (κ2) is 8.39. The maximum absolute atomic E-state index is 14.0. The minimum atomic E-state index is -0.228. The zero-order valence-electron chi connectivity index (χ0n) is 16.5. The third kappa shape index (κ3) is 3.62. The first-order valence-corrected chi connectivity index (χ1v) is 12.4. The van der Waals surface area contributed by atoms with Gasteiger partial charge in [0.05, 0.1) is 17.7 Å². The fraction of sp³-hybridized carbons (Fsp3) is 0.136. The summed E-state index contributed by atoms with van der Waals surface area (Å²) in [5, 5.41) is 14.3. The van der Waals surface area contributed by atoms with E-state index in [2.05, 4.69) is 4.98 Å². The molecular formula is C22H14Cl3N3O2S2. The van der Waals surface area contributed by atoms with Crippen LogP contribution in [0.15, 0.2) is 58.6 Å². The fourth-order valence-corrected chi connectivity index (χ4v) is 6.91. The van der Waals surface area contributed by atoms with E-state index < -0.39 is 0 Å². The van der Waals surface area contributed by atoms with Crippen LogP contribution in [0, 0.1) is 0 Å². The molecule has 0 spiro atoms. The van der Waals surface area contributed by atoms with Gasteiger partial charge in [-0.2, -0.15) is 4.57 Å². The van der Waals surface area contributed by atoms with Crippen LogP contribution in [0.3, 0.4) is 0 Å². The van der Waals surface area contributed by atoms with Crippen LogP contribution in [-0.2, 0) is 7.05 Å². The van der Waals surface area contributed by atoms with Gasteiger partial charge in [-0.1, -0.05) is 64.8 Å². The summed E-state index contributed by atoms with van der Waals surface area (Å²) in [5.74, 6) is 0.482. The van der Waals surface area contributed by atoms with Crippen LogP contribution in [0.5, 0.6) is 5.75 Å². The number of nitrogens with zero attached hydrogens (tertiary/aromatic N) is 3. The molecule has 0 bridgehead atoms. The first-order chi connectivity index (χ1) is 15.3. The molecule has 5 rings (SSSR count). The summed E-state index contributed by atoms with van der Waals surface area (Å²) >= 11 is 21.5. The van der Waals surface area contributed by atoms with E-state index in [-0.39, 0.29) is 17.4 Å². The number of hydrogen-bond acceptors (Lipinski definition) is 5. The van der Waals surface area contributed by atoms with Crippen LogP contribution in [0.1, 0.15) is 10.9 Å². The Morgan fingerprint density at radius 3 is 2.53 bits per heavy atom. The quantitative estimate of drug-likeness (QED) is 0.274. The summed E-state index contributed by atoms with van der Waals surface area (Å²) in [5.41, 5.74) is 1.66. The average molecular weight is 523 g/mol. The normalized spacial score (nSPS) is 15.2. The molecular weight excluding hydrogens is 509 g/mol. The maximum Gasteiger partial charge on any atom is 0.347 e. The summed E-state index contributed by atoms with van der Waals surface area (Å²) < 4.78 is 4.07.